The van der Waals surface area contributed by atoms with Gasteiger partial charge in [0.25, 0.3) is 0 Å². The van der Waals surface area contributed by atoms with Crippen LogP contribution in [0.25, 0.3) is 11.0 Å². The lowest BCUT2D eigenvalue weighted by Gasteiger charge is -2.43. The summed E-state index contributed by atoms with van der Waals surface area (Å²) in [6.45, 7) is 11.0. The van der Waals surface area contributed by atoms with E-state index in [4.69, 9.17) is 4.74 Å². The van der Waals surface area contributed by atoms with Gasteiger partial charge in [0.2, 0.25) is 15.9 Å². The largest absolute Gasteiger partial charge is 0.373 e. The Balaban J connectivity index is 1.46. The summed E-state index contributed by atoms with van der Waals surface area (Å²) in [6.07, 6.45) is 3.29. The first-order chi connectivity index (χ1) is 15.2. The number of piperazine rings is 1. The van der Waals surface area contributed by atoms with E-state index < -0.39 is 10.0 Å². The SMILES string of the molecule is CC1CN(C(C(=O)N2CCN(S(=O)(=O)c3c[nH]c4ncccc34)CC2)C(C)C)CC(C)O1. The van der Waals surface area contributed by atoms with Crippen LogP contribution in [-0.2, 0) is 19.6 Å². The number of amides is 1. The Morgan fingerprint density at radius 3 is 2.44 bits per heavy atom. The summed E-state index contributed by atoms with van der Waals surface area (Å²) in [5, 5.41) is 0.585. The van der Waals surface area contributed by atoms with Crippen molar-refractivity contribution >= 4 is 27.0 Å². The Bertz CT molecular complexity index is 1050. The number of nitrogens with one attached hydrogen (secondary N) is 1. The van der Waals surface area contributed by atoms with Crippen LogP contribution < -0.4 is 0 Å². The molecule has 2 aromatic heterocycles. The maximum atomic E-state index is 13.5. The number of sulfonamides is 1. The van der Waals surface area contributed by atoms with Gasteiger partial charge in [-0.2, -0.15) is 4.31 Å². The molecule has 2 fully saturated rings. The quantitative estimate of drug-likeness (QED) is 0.722. The maximum Gasteiger partial charge on any atom is 0.245 e. The fraction of sp³-hybridized carbons (Fsp3) is 0.636. The molecule has 0 radical (unpaired) electrons. The third kappa shape index (κ3) is 4.41. The van der Waals surface area contributed by atoms with Gasteiger partial charge in [-0.25, -0.2) is 13.4 Å². The number of fused-ring (bicyclic) bond motifs is 1. The number of aromatic nitrogens is 2. The molecule has 9 nitrogen and oxygen atoms in total. The molecule has 2 aliphatic heterocycles. The molecule has 176 valence electrons. The number of rotatable bonds is 5. The number of carbonyl (C=O) groups is 1. The molecule has 32 heavy (non-hydrogen) atoms. The molecule has 0 bridgehead atoms. The number of ether oxygens (including phenoxy) is 1. The van der Waals surface area contributed by atoms with Gasteiger partial charge in [-0.3, -0.25) is 9.69 Å². The van der Waals surface area contributed by atoms with Crippen LogP contribution in [0.5, 0.6) is 0 Å². The molecular weight excluding hydrogens is 430 g/mol. The second-order valence-electron chi connectivity index (χ2n) is 9.18. The van der Waals surface area contributed by atoms with Crippen LogP contribution in [0.2, 0.25) is 0 Å². The summed E-state index contributed by atoms with van der Waals surface area (Å²) in [5.41, 5.74) is 0.550. The van der Waals surface area contributed by atoms with E-state index in [2.05, 4.69) is 28.7 Å². The maximum absolute atomic E-state index is 13.5. The zero-order valence-corrected chi connectivity index (χ0v) is 20.0. The van der Waals surface area contributed by atoms with Crippen LogP contribution in [0.4, 0.5) is 0 Å². The van der Waals surface area contributed by atoms with Crippen molar-refractivity contribution in [1.29, 1.82) is 0 Å². The van der Waals surface area contributed by atoms with E-state index in [-0.39, 0.29) is 48.1 Å². The van der Waals surface area contributed by atoms with E-state index in [0.717, 1.165) is 13.1 Å². The highest BCUT2D eigenvalue weighted by Gasteiger charge is 2.38. The molecule has 2 aromatic rings. The van der Waals surface area contributed by atoms with Crippen LogP contribution >= 0.6 is 0 Å². The lowest BCUT2D eigenvalue weighted by Crippen LogP contribution is -2.60. The Morgan fingerprint density at radius 1 is 1.16 bits per heavy atom. The van der Waals surface area contributed by atoms with Crippen LogP contribution in [0.1, 0.15) is 27.7 Å². The molecule has 3 unspecified atom stereocenters. The fourth-order valence-electron chi connectivity index (χ4n) is 4.93. The highest BCUT2D eigenvalue weighted by atomic mass is 32.2. The average molecular weight is 464 g/mol. The Kier molecular flexibility index (Phi) is 6.58. The van der Waals surface area contributed by atoms with Crippen molar-refractivity contribution in [1.82, 2.24) is 24.1 Å². The monoisotopic (exact) mass is 463 g/mol. The number of morpholine rings is 1. The molecule has 0 spiro atoms. The average Bonchev–Trinajstić information content (AvgIpc) is 3.18. The number of hydrogen-bond acceptors (Lipinski definition) is 6. The highest BCUT2D eigenvalue weighted by Crippen LogP contribution is 2.26. The van der Waals surface area contributed by atoms with Gasteiger partial charge in [0.15, 0.2) is 0 Å². The summed E-state index contributed by atoms with van der Waals surface area (Å²) in [4.78, 5) is 24.9. The first kappa shape index (κ1) is 23.2. The molecular formula is C22H33N5O4S. The molecule has 0 saturated carbocycles. The number of hydrogen-bond donors (Lipinski definition) is 1. The van der Waals surface area contributed by atoms with Gasteiger partial charge in [0, 0.05) is 57.0 Å². The van der Waals surface area contributed by atoms with E-state index in [1.807, 2.05) is 18.7 Å². The van der Waals surface area contributed by atoms with E-state index >= 15 is 0 Å². The van der Waals surface area contributed by atoms with Gasteiger partial charge in [0.1, 0.15) is 10.5 Å². The molecule has 2 aliphatic rings. The number of carbonyl (C=O) groups excluding carboxylic acids is 1. The zero-order valence-electron chi connectivity index (χ0n) is 19.2. The van der Waals surface area contributed by atoms with Crippen LogP contribution in [0, 0.1) is 5.92 Å². The Hall–Kier alpha value is -2.01. The fourth-order valence-corrected chi connectivity index (χ4v) is 6.50. The van der Waals surface area contributed by atoms with Crippen LogP contribution in [0.15, 0.2) is 29.4 Å². The van der Waals surface area contributed by atoms with E-state index in [1.165, 1.54) is 10.5 Å². The predicted molar refractivity (Wildman–Crippen MR) is 122 cm³/mol. The predicted octanol–water partition coefficient (Wildman–Crippen LogP) is 1.53. The van der Waals surface area contributed by atoms with Crippen molar-refractivity contribution in [2.24, 2.45) is 5.92 Å². The van der Waals surface area contributed by atoms with Crippen molar-refractivity contribution in [3.8, 4) is 0 Å². The normalized spacial score (nSPS) is 24.8. The van der Waals surface area contributed by atoms with Crippen molar-refractivity contribution in [3.05, 3.63) is 24.5 Å². The molecule has 1 N–H and O–H groups in total. The van der Waals surface area contributed by atoms with Gasteiger partial charge >= 0.3 is 0 Å². The summed E-state index contributed by atoms with van der Waals surface area (Å²) >= 11 is 0. The molecule has 10 heteroatoms. The van der Waals surface area contributed by atoms with E-state index in [0.29, 0.717) is 24.1 Å². The smallest absolute Gasteiger partial charge is 0.245 e. The standard InChI is InChI=1S/C22H33N5O4S/c1-15(2)20(26-13-16(3)31-17(4)14-26)22(28)25-8-10-27(11-9-25)32(29,30)19-12-24-21-18(19)6-5-7-23-21/h5-7,12,15-17,20H,8-11,13-14H2,1-4H3,(H,23,24). The molecule has 1 amide bonds. The van der Waals surface area contributed by atoms with Crippen LogP contribution in [-0.4, -0.2) is 95.9 Å². The lowest BCUT2D eigenvalue weighted by atomic mass is 9.98. The molecule has 3 atom stereocenters. The molecule has 4 heterocycles. The first-order valence-electron chi connectivity index (χ1n) is 11.3. The third-order valence-corrected chi connectivity index (χ3v) is 8.25. The Morgan fingerprint density at radius 2 is 1.81 bits per heavy atom. The minimum atomic E-state index is -3.67. The number of pyridine rings is 1. The first-order valence-corrected chi connectivity index (χ1v) is 12.7. The van der Waals surface area contributed by atoms with Crippen molar-refractivity contribution in [2.45, 2.75) is 50.8 Å². The second-order valence-corrected chi connectivity index (χ2v) is 11.1. The van der Waals surface area contributed by atoms with Gasteiger partial charge in [-0.05, 0) is 31.9 Å². The van der Waals surface area contributed by atoms with Gasteiger partial charge in [-0.1, -0.05) is 13.8 Å². The molecule has 0 aromatic carbocycles. The molecule has 2 saturated heterocycles. The van der Waals surface area contributed by atoms with Crippen LogP contribution in [0.3, 0.4) is 0 Å². The molecule has 4 rings (SSSR count). The van der Waals surface area contributed by atoms with Gasteiger partial charge < -0.3 is 14.6 Å². The zero-order chi connectivity index (χ0) is 23.0. The minimum Gasteiger partial charge on any atom is -0.373 e. The second kappa shape index (κ2) is 9.09. The lowest BCUT2D eigenvalue weighted by molar-refractivity contribution is -0.146. The number of nitrogens with zero attached hydrogens (tertiary/aromatic N) is 4. The Labute approximate surface area is 189 Å². The van der Waals surface area contributed by atoms with E-state index in [9.17, 15) is 13.2 Å². The number of aromatic amines is 1. The highest BCUT2D eigenvalue weighted by molar-refractivity contribution is 7.89. The van der Waals surface area contributed by atoms with Crippen molar-refractivity contribution in [2.75, 3.05) is 39.3 Å². The number of H-pyrrole nitrogens is 1. The van der Waals surface area contributed by atoms with Crippen molar-refractivity contribution < 1.29 is 17.9 Å². The topological polar surface area (TPSA) is 98.8 Å². The van der Waals surface area contributed by atoms with Gasteiger partial charge in [0.05, 0.1) is 18.2 Å². The third-order valence-electron chi connectivity index (χ3n) is 6.31. The summed E-state index contributed by atoms with van der Waals surface area (Å²) in [7, 11) is -3.67. The minimum absolute atomic E-state index is 0.0784. The summed E-state index contributed by atoms with van der Waals surface area (Å²) < 4.78 is 33.8. The van der Waals surface area contributed by atoms with E-state index in [1.54, 1.807) is 18.3 Å². The van der Waals surface area contributed by atoms with Crippen molar-refractivity contribution in [3.63, 3.8) is 0 Å². The molecule has 0 aliphatic carbocycles. The van der Waals surface area contributed by atoms with Gasteiger partial charge in [-0.15, -0.1) is 0 Å². The summed E-state index contributed by atoms with van der Waals surface area (Å²) in [6, 6.07) is 3.25. The summed E-state index contributed by atoms with van der Waals surface area (Å²) in [5.74, 6) is 0.232.